The molecule has 0 unspecified atom stereocenters. The fourth-order valence-corrected chi connectivity index (χ4v) is 2.32. The van der Waals surface area contributed by atoms with Crippen molar-refractivity contribution in [2.75, 3.05) is 11.4 Å². The molecule has 2 heterocycles. The van der Waals surface area contributed by atoms with E-state index in [9.17, 15) is 9.59 Å². The van der Waals surface area contributed by atoms with E-state index in [0.29, 0.717) is 11.4 Å². The van der Waals surface area contributed by atoms with E-state index in [0.717, 1.165) is 11.1 Å². The molecule has 1 aromatic carbocycles. The molecule has 0 saturated carbocycles. The molecule has 3 rings (SSSR count). The molecule has 116 valence electrons. The number of aliphatic carboxylic acids is 1. The third-order valence-electron chi connectivity index (χ3n) is 3.38. The normalized spacial score (nSPS) is 15.3. The zero-order valence-corrected chi connectivity index (χ0v) is 12.4. The third kappa shape index (κ3) is 3.06. The molecule has 0 saturated heterocycles. The average Bonchev–Trinajstić information content (AvgIpc) is 2.53. The van der Waals surface area contributed by atoms with Crippen LogP contribution in [0.25, 0.3) is 6.08 Å². The summed E-state index contributed by atoms with van der Waals surface area (Å²) in [5.41, 5.74) is 2.12. The molecule has 1 amide bonds. The van der Waals surface area contributed by atoms with Crippen molar-refractivity contribution in [3.8, 4) is 5.75 Å². The summed E-state index contributed by atoms with van der Waals surface area (Å²) in [6, 6.07) is 8.77. The number of anilines is 1. The lowest BCUT2D eigenvalue weighted by molar-refractivity contribution is -0.136. The molecular weight excluding hydrogens is 296 g/mol. The van der Waals surface area contributed by atoms with Crippen molar-refractivity contribution in [3.63, 3.8) is 0 Å². The predicted octanol–water partition coefficient (Wildman–Crippen LogP) is 2.24. The highest BCUT2D eigenvalue weighted by molar-refractivity contribution is 6.11. The Balaban J connectivity index is 2.06. The zero-order chi connectivity index (χ0) is 16.4. The summed E-state index contributed by atoms with van der Waals surface area (Å²) in [7, 11) is 0. The largest absolute Gasteiger partial charge is 0.480 e. The number of carboxylic acids is 1. The fourth-order valence-electron chi connectivity index (χ4n) is 2.32. The first-order chi connectivity index (χ1) is 11.0. The predicted molar refractivity (Wildman–Crippen MR) is 84.0 cm³/mol. The SMILES string of the molecule is Cc1ccc2c(c1)N(CC(=O)O)C(=O)/C(=C\c1ccncc1)O2. The summed E-state index contributed by atoms with van der Waals surface area (Å²) >= 11 is 0. The number of aryl methyl sites for hydroxylation is 1. The summed E-state index contributed by atoms with van der Waals surface area (Å²) in [4.78, 5) is 28.8. The number of carbonyl (C=O) groups is 2. The van der Waals surface area contributed by atoms with Crippen LogP contribution in [0.4, 0.5) is 5.69 Å². The number of rotatable bonds is 3. The van der Waals surface area contributed by atoms with Crippen molar-refractivity contribution < 1.29 is 19.4 Å². The van der Waals surface area contributed by atoms with Crippen LogP contribution in [-0.4, -0.2) is 28.5 Å². The molecule has 0 aliphatic carbocycles. The highest BCUT2D eigenvalue weighted by atomic mass is 16.5. The highest BCUT2D eigenvalue weighted by Gasteiger charge is 2.31. The summed E-state index contributed by atoms with van der Waals surface area (Å²) in [5.74, 6) is -1.04. The summed E-state index contributed by atoms with van der Waals surface area (Å²) < 4.78 is 5.67. The number of carbonyl (C=O) groups excluding carboxylic acids is 1. The fraction of sp³-hybridized carbons (Fsp3) is 0.118. The molecule has 1 aromatic heterocycles. The van der Waals surface area contributed by atoms with E-state index in [1.807, 2.05) is 13.0 Å². The maximum atomic E-state index is 12.6. The van der Waals surface area contributed by atoms with E-state index in [1.54, 1.807) is 42.7 Å². The average molecular weight is 310 g/mol. The van der Waals surface area contributed by atoms with Gasteiger partial charge in [0.2, 0.25) is 0 Å². The lowest BCUT2D eigenvalue weighted by Gasteiger charge is -2.29. The smallest absolute Gasteiger partial charge is 0.323 e. The Bertz CT molecular complexity index is 799. The lowest BCUT2D eigenvalue weighted by Crippen LogP contribution is -2.40. The molecule has 1 aliphatic rings. The minimum absolute atomic E-state index is 0.0776. The first-order valence-electron chi connectivity index (χ1n) is 6.98. The van der Waals surface area contributed by atoms with E-state index in [2.05, 4.69) is 4.98 Å². The number of benzene rings is 1. The number of pyridine rings is 1. The second-order valence-corrected chi connectivity index (χ2v) is 5.15. The molecule has 23 heavy (non-hydrogen) atoms. The van der Waals surface area contributed by atoms with Crippen LogP contribution in [-0.2, 0) is 9.59 Å². The van der Waals surface area contributed by atoms with Crippen LogP contribution in [0.15, 0.2) is 48.5 Å². The minimum Gasteiger partial charge on any atom is -0.480 e. The number of aromatic nitrogens is 1. The van der Waals surface area contributed by atoms with E-state index < -0.39 is 18.4 Å². The van der Waals surface area contributed by atoms with Crippen LogP contribution in [0.1, 0.15) is 11.1 Å². The molecule has 2 aromatic rings. The summed E-state index contributed by atoms with van der Waals surface area (Å²) in [6.07, 6.45) is 4.78. The molecule has 6 nitrogen and oxygen atoms in total. The number of fused-ring (bicyclic) bond motifs is 1. The van der Waals surface area contributed by atoms with Crippen molar-refractivity contribution in [2.24, 2.45) is 0 Å². The van der Waals surface area contributed by atoms with E-state index in [1.165, 1.54) is 4.90 Å². The molecule has 0 atom stereocenters. The first kappa shape index (κ1) is 14.8. The summed E-state index contributed by atoms with van der Waals surface area (Å²) in [5, 5.41) is 9.09. The van der Waals surface area contributed by atoms with Gasteiger partial charge in [-0.3, -0.25) is 19.5 Å². The van der Waals surface area contributed by atoms with Gasteiger partial charge in [0, 0.05) is 12.4 Å². The second kappa shape index (κ2) is 5.92. The van der Waals surface area contributed by atoms with Gasteiger partial charge < -0.3 is 9.84 Å². The lowest BCUT2D eigenvalue weighted by atomic mass is 10.1. The minimum atomic E-state index is -1.09. The van der Waals surface area contributed by atoms with Gasteiger partial charge in [0.25, 0.3) is 5.91 Å². The molecule has 0 fully saturated rings. The monoisotopic (exact) mass is 310 g/mol. The molecule has 0 radical (unpaired) electrons. The Morgan fingerprint density at radius 3 is 2.74 bits per heavy atom. The molecule has 1 N–H and O–H groups in total. The highest BCUT2D eigenvalue weighted by Crippen LogP contribution is 2.36. The van der Waals surface area contributed by atoms with Crippen molar-refractivity contribution >= 4 is 23.6 Å². The Kier molecular flexibility index (Phi) is 3.80. The maximum Gasteiger partial charge on any atom is 0.323 e. The van der Waals surface area contributed by atoms with Crippen molar-refractivity contribution in [1.29, 1.82) is 0 Å². The van der Waals surface area contributed by atoms with Gasteiger partial charge in [0.05, 0.1) is 5.69 Å². The van der Waals surface area contributed by atoms with Crippen LogP contribution < -0.4 is 9.64 Å². The number of hydrogen-bond donors (Lipinski definition) is 1. The van der Waals surface area contributed by atoms with Crippen LogP contribution in [0.2, 0.25) is 0 Å². The number of nitrogens with zero attached hydrogens (tertiary/aromatic N) is 2. The number of ether oxygens (including phenoxy) is 1. The van der Waals surface area contributed by atoms with Gasteiger partial charge in [-0.1, -0.05) is 6.07 Å². The quantitative estimate of drug-likeness (QED) is 0.880. The van der Waals surface area contributed by atoms with Gasteiger partial charge in [-0.25, -0.2) is 0 Å². The van der Waals surface area contributed by atoms with E-state index in [4.69, 9.17) is 9.84 Å². The van der Waals surface area contributed by atoms with Gasteiger partial charge in [0.1, 0.15) is 6.54 Å². The van der Waals surface area contributed by atoms with E-state index in [-0.39, 0.29) is 5.76 Å². The number of carboxylic acid groups (broad SMARTS) is 1. The van der Waals surface area contributed by atoms with Crippen molar-refractivity contribution in [3.05, 3.63) is 59.6 Å². The molecule has 6 heteroatoms. The van der Waals surface area contributed by atoms with Crippen LogP contribution in [0.3, 0.4) is 0 Å². The third-order valence-corrected chi connectivity index (χ3v) is 3.38. The number of hydrogen-bond acceptors (Lipinski definition) is 4. The van der Waals surface area contributed by atoms with Gasteiger partial charge in [-0.2, -0.15) is 0 Å². The van der Waals surface area contributed by atoms with E-state index >= 15 is 0 Å². The Morgan fingerprint density at radius 2 is 2.04 bits per heavy atom. The second-order valence-electron chi connectivity index (χ2n) is 5.15. The van der Waals surface area contributed by atoms with Gasteiger partial charge in [-0.05, 0) is 48.4 Å². The Labute approximate surface area is 132 Å². The van der Waals surface area contributed by atoms with Gasteiger partial charge in [0.15, 0.2) is 11.5 Å². The molecule has 0 spiro atoms. The standard InChI is InChI=1S/C17H14N2O4/c1-11-2-3-14-13(8-11)19(10-16(20)21)17(22)15(23-14)9-12-4-6-18-7-5-12/h2-9H,10H2,1H3,(H,20,21)/b15-9+. The zero-order valence-electron chi connectivity index (χ0n) is 12.4. The Hall–Kier alpha value is -3.15. The molecular formula is C17H14N2O4. The van der Waals surface area contributed by atoms with Gasteiger partial charge >= 0.3 is 5.97 Å². The Morgan fingerprint density at radius 1 is 1.30 bits per heavy atom. The topological polar surface area (TPSA) is 79.7 Å². The van der Waals surface area contributed by atoms with Gasteiger partial charge in [-0.15, -0.1) is 0 Å². The molecule has 1 aliphatic heterocycles. The first-order valence-corrected chi connectivity index (χ1v) is 6.98. The maximum absolute atomic E-state index is 12.6. The number of amides is 1. The summed E-state index contributed by atoms with van der Waals surface area (Å²) in [6.45, 7) is 1.44. The van der Waals surface area contributed by atoms with Crippen molar-refractivity contribution in [2.45, 2.75) is 6.92 Å². The van der Waals surface area contributed by atoms with Crippen LogP contribution in [0, 0.1) is 6.92 Å². The van der Waals surface area contributed by atoms with Crippen LogP contribution in [0.5, 0.6) is 5.75 Å². The van der Waals surface area contributed by atoms with Crippen molar-refractivity contribution in [1.82, 2.24) is 4.98 Å². The molecule has 0 bridgehead atoms. The van der Waals surface area contributed by atoms with Crippen LogP contribution >= 0.6 is 0 Å².